The van der Waals surface area contributed by atoms with E-state index in [9.17, 15) is 9.59 Å². The fourth-order valence-corrected chi connectivity index (χ4v) is 4.34. The van der Waals surface area contributed by atoms with Crippen LogP contribution >= 0.6 is 27.7 Å². The highest BCUT2D eigenvalue weighted by molar-refractivity contribution is 9.10. The second kappa shape index (κ2) is 6.85. The van der Waals surface area contributed by atoms with Crippen molar-refractivity contribution in [2.45, 2.75) is 32.2 Å². The van der Waals surface area contributed by atoms with Gasteiger partial charge in [0.25, 0.3) is 0 Å². The van der Waals surface area contributed by atoms with Crippen molar-refractivity contribution in [3.63, 3.8) is 0 Å². The number of nitrogens with zero attached hydrogens (tertiary/aromatic N) is 2. The molecule has 1 heterocycles. The lowest BCUT2D eigenvalue weighted by molar-refractivity contribution is -0.142. The molecule has 6 heteroatoms. The number of carbonyl (C=O) groups is 2. The van der Waals surface area contributed by atoms with Crippen LogP contribution in [0.25, 0.3) is 0 Å². The molecule has 3 rings (SSSR count). The summed E-state index contributed by atoms with van der Waals surface area (Å²) in [5.41, 5.74) is 1.95. The zero-order valence-corrected chi connectivity index (χ0v) is 15.8. The molecular formula is C17H21BrN2O2S. The quantitative estimate of drug-likeness (QED) is 0.785. The van der Waals surface area contributed by atoms with Gasteiger partial charge in [-0.2, -0.15) is 0 Å². The van der Waals surface area contributed by atoms with E-state index in [1.165, 1.54) is 0 Å². The van der Waals surface area contributed by atoms with Gasteiger partial charge in [0.05, 0.1) is 5.88 Å². The van der Waals surface area contributed by atoms with Gasteiger partial charge in [0.15, 0.2) is 0 Å². The molecule has 0 spiro atoms. The van der Waals surface area contributed by atoms with Crippen LogP contribution in [0.3, 0.4) is 0 Å². The number of likely N-dealkylation sites (N-methyl/N-ethyl adjacent to an activating group) is 1. The Balaban J connectivity index is 1.75. The van der Waals surface area contributed by atoms with Crippen molar-refractivity contribution in [1.29, 1.82) is 0 Å². The number of halogens is 1. The number of thioether (sulfide) groups is 1. The molecule has 0 bridgehead atoms. The summed E-state index contributed by atoms with van der Waals surface area (Å²) in [7, 11) is 1.79. The van der Waals surface area contributed by atoms with E-state index in [1.54, 1.807) is 28.6 Å². The Bertz CT molecular complexity index is 633. The number of anilines is 1. The molecule has 1 saturated carbocycles. The van der Waals surface area contributed by atoms with Gasteiger partial charge in [-0.15, -0.1) is 11.8 Å². The zero-order chi connectivity index (χ0) is 16.6. The predicted molar refractivity (Wildman–Crippen MR) is 97.6 cm³/mol. The number of hydrogen-bond donors (Lipinski definition) is 0. The van der Waals surface area contributed by atoms with E-state index < -0.39 is 0 Å². The van der Waals surface area contributed by atoms with Crippen LogP contribution in [-0.2, 0) is 9.59 Å². The van der Waals surface area contributed by atoms with Crippen molar-refractivity contribution in [3.8, 4) is 0 Å². The first-order chi connectivity index (χ1) is 11.0. The monoisotopic (exact) mass is 396 g/mol. The Morgan fingerprint density at radius 1 is 1.35 bits per heavy atom. The van der Waals surface area contributed by atoms with Crippen molar-refractivity contribution >= 4 is 45.2 Å². The van der Waals surface area contributed by atoms with Gasteiger partial charge in [0, 0.05) is 28.9 Å². The topological polar surface area (TPSA) is 40.6 Å². The first-order valence-electron chi connectivity index (χ1n) is 7.91. The van der Waals surface area contributed by atoms with E-state index in [2.05, 4.69) is 15.9 Å². The maximum Gasteiger partial charge on any atom is 0.250 e. The third-order valence-corrected chi connectivity index (χ3v) is 6.67. The van der Waals surface area contributed by atoms with Crippen LogP contribution in [0.4, 0.5) is 5.69 Å². The summed E-state index contributed by atoms with van der Waals surface area (Å²) in [6, 6.07) is 5.54. The average molecular weight is 397 g/mol. The number of hydrogen-bond acceptors (Lipinski definition) is 3. The van der Waals surface area contributed by atoms with E-state index >= 15 is 0 Å². The molecule has 2 amide bonds. The maximum absolute atomic E-state index is 12.9. The standard InChI is InChI=1S/C17H21BrN2O2S/c1-11-8-13(6-7-14(11)18)19(2)17(22)15-9-23-10-20(15)16(21)12-4-3-5-12/h6-8,12,15H,3-5,9-10H2,1-2H3. The van der Waals surface area contributed by atoms with Gasteiger partial charge in [-0.25, -0.2) is 0 Å². The Hall–Kier alpha value is -1.01. The van der Waals surface area contributed by atoms with E-state index in [0.717, 1.165) is 35.0 Å². The second-order valence-electron chi connectivity index (χ2n) is 6.28. The zero-order valence-electron chi connectivity index (χ0n) is 13.4. The molecule has 1 aromatic rings. The molecule has 0 N–H and O–H groups in total. The third-order valence-electron chi connectivity index (χ3n) is 4.76. The molecule has 1 aromatic carbocycles. The van der Waals surface area contributed by atoms with E-state index in [-0.39, 0.29) is 23.8 Å². The minimum absolute atomic E-state index is 0.00407. The van der Waals surface area contributed by atoms with Crippen LogP contribution < -0.4 is 4.90 Å². The van der Waals surface area contributed by atoms with E-state index in [1.807, 2.05) is 25.1 Å². The largest absolute Gasteiger partial charge is 0.320 e. The number of aryl methyl sites for hydroxylation is 1. The molecular weight excluding hydrogens is 376 g/mol. The summed E-state index contributed by atoms with van der Waals surface area (Å²) in [4.78, 5) is 28.9. The fourth-order valence-electron chi connectivity index (χ4n) is 2.94. The van der Waals surface area contributed by atoms with Crippen molar-refractivity contribution in [3.05, 3.63) is 28.2 Å². The van der Waals surface area contributed by atoms with Crippen molar-refractivity contribution in [1.82, 2.24) is 4.90 Å². The van der Waals surface area contributed by atoms with Crippen LogP contribution in [0.2, 0.25) is 0 Å². The predicted octanol–water partition coefficient (Wildman–Crippen LogP) is 3.42. The minimum atomic E-state index is -0.331. The Morgan fingerprint density at radius 3 is 2.70 bits per heavy atom. The molecule has 4 nitrogen and oxygen atoms in total. The minimum Gasteiger partial charge on any atom is -0.320 e. The molecule has 1 aliphatic heterocycles. The molecule has 2 aliphatic rings. The smallest absolute Gasteiger partial charge is 0.250 e. The molecule has 1 saturated heterocycles. The van der Waals surface area contributed by atoms with Gasteiger partial charge in [0.1, 0.15) is 6.04 Å². The number of carbonyl (C=O) groups excluding carboxylic acids is 2. The van der Waals surface area contributed by atoms with Crippen LogP contribution in [0.5, 0.6) is 0 Å². The van der Waals surface area contributed by atoms with Gasteiger partial charge in [0.2, 0.25) is 11.8 Å². The third kappa shape index (κ3) is 3.29. The number of benzene rings is 1. The summed E-state index contributed by atoms with van der Waals surface area (Å²) in [6.45, 7) is 2.00. The molecule has 23 heavy (non-hydrogen) atoms. The van der Waals surface area contributed by atoms with Crippen molar-refractivity contribution < 1.29 is 9.59 Å². The maximum atomic E-state index is 12.9. The molecule has 1 aliphatic carbocycles. The highest BCUT2D eigenvalue weighted by Crippen LogP contribution is 2.33. The van der Waals surface area contributed by atoms with Crippen LogP contribution in [-0.4, -0.2) is 41.4 Å². The fraction of sp³-hybridized carbons (Fsp3) is 0.529. The van der Waals surface area contributed by atoms with Gasteiger partial charge >= 0.3 is 0 Å². The first kappa shape index (κ1) is 16.8. The summed E-state index contributed by atoms with van der Waals surface area (Å²) in [5, 5.41) is 0. The summed E-state index contributed by atoms with van der Waals surface area (Å²) < 4.78 is 1.03. The summed E-state index contributed by atoms with van der Waals surface area (Å²) >= 11 is 5.15. The molecule has 0 radical (unpaired) electrons. The Labute approximate surface area is 149 Å². The van der Waals surface area contributed by atoms with Crippen molar-refractivity contribution in [2.24, 2.45) is 5.92 Å². The Kier molecular flexibility index (Phi) is 5.01. The average Bonchev–Trinajstić information content (AvgIpc) is 2.96. The van der Waals surface area contributed by atoms with Crippen molar-refractivity contribution in [2.75, 3.05) is 23.6 Å². The highest BCUT2D eigenvalue weighted by Gasteiger charge is 2.40. The van der Waals surface area contributed by atoms with Crippen LogP contribution in [0.1, 0.15) is 24.8 Å². The number of amides is 2. The summed E-state index contributed by atoms with van der Waals surface area (Å²) in [5.74, 6) is 1.64. The van der Waals surface area contributed by atoms with E-state index in [0.29, 0.717) is 11.6 Å². The van der Waals surface area contributed by atoms with Crippen LogP contribution in [0.15, 0.2) is 22.7 Å². The van der Waals surface area contributed by atoms with Gasteiger partial charge in [-0.1, -0.05) is 22.4 Å². The van der Waals surface area contributed by atoms with Crippen LogP contribution in [0, 0.1) is 12.8 Å². The molecule has 1 atom stereocenters. The Morgan fingerprint density at radius 2 is 2.09 bits per heavy atom. The lowest BCUT2D eigenvalue weighted by Gasteiger charge is -2.33. The summed E-state index contributed by atoms with van der Waals surface area (Å²) in [6.07, 6.45) is 3.08. The first-order valence-corrected chi connectivity index (χ1v) is 9.85. The molecule has 1 unspecified atom stereocenters. The SMILES string of the molecule is Cc1cc(N(C)C(=O)C2CSCN2C(=O)C2CCC2)ccc1Br. The molecule has 0 aromatic heterocycles. The van der Waals surface area contributed by atoms with Gasteiger partial charge in [-0.05, 0) is 43.5 Å². The van der Waals surface area contributed by atoms with E-state index in [4.69, 9.17) is 0 Å². The second-order valence-corrected chi connectivity index (χ2v) is 8.14. The number of rotatable bonds is 3. The highest BCUT2D eigenvalue weighted by atomic mass is 79.9. The van der Waals surface area contributed by atoms with Gasteiger partial charge < -0.3 is 9.80 Å². The molecule has 2 fully saturated rings. The normalized spacial score (nSPS) is 21.2. The lowest BCUT2D eigenvalue weighted by atomic mass is 9.84. The lowest BCUT2D eigenvalue weighted by Crippen LogP contribution is -2.50. The molecule has 124 valence electrons. The van der Waals surface area contributed by atoms with Gasteiger partial charge in [-0.3, -0.25) is 9.59 Å².